The standard InChI is InChI=1S/C57H107NO3/c1-3-5-7-9-11-13-15-17-19-21-22-23-24-25-26-27-28-29-30-31-32-33-34-35-36-37-39-41-43-45-47-49-51-53-57(61)58-55(54-59)56(60)52-50-48-46-44-42-40-38-20-18-16-14-12-10-8-6-4-2/h18,20-22,42,44,50,52,55-56,59-60H,3-17,19,23-41,43,45-49,51,53-54H2,1-2H3,(H,58,61)/b20-18+,22-21-,44-42+,52-50+. The monoisotopic (exact) mass is 854 g/mol. The molecule has 0 bridgehead atoms. The van der Waals surface area contributed by atoms with Gasteiger partial charge in [0.05, 0.1) is 18.8 Å². The molecule has 4 heteroatoms. The Labute approximate surface area is 382 Å². The Bertz CT molecular complexity index is 970. The molecule has 0 saturated carbocycles. The van der Waals surface area contributed by atoms with Crippen LogP contribution < -0.4 is 5.32 Å². The van der Waals surface area contributed by atoms with E-state index in [4.69, 9.17) is 0 Å². The Morgan fingerprint density at radius 1 is 0.377 bits per heavy atom. The van der Waals surface area contributed by atoms with Crippen molar-refractivity contribution in [2.75, 3.05) is 6.61 Å². The number of nitrogens with one attached hydrogen (secondary N) is 1. The molecular weight excluding hydrogens is 747 g/mol. The first kappa shape index (κ1) is 59.4. The average Bonchev–Trinajstić information content (AvgIpc) is 3.26. The van der Waals surface area contributed by atoms with Crippen LogP contribution in [0.1, 0.15) is 290 Å². The molecule has 0 aromatic carbocycles. The van der Waals surface area contributed by atoms with Crippen LogP contribution in [0.5, 0.6) is 0 Å². The topological polar surface area (TPSA) is 69.6 Å². The molecule has 0 spiro atoms. The van der Waals surface area contributed by atoms with Crippen LogP contribution in [0.2, 0.25) is 0 Å². The van der Waals surface area contributed by atoms with Gasteiger partial charge in [0.1, 0.15) is 0 Å². The lowest BCUT2D eigenvalue weighted by Gasteiger charge is -2.19. The van der Waals surface area contributed by atoms with Crippen LogP contribution in [-0.2, 0) is 4.79 Å². The molecule has 0 radical (unpaired) electrons. The minimum atomic E-state index is -0.869. The van der Waals surface area contributed by atoms with Gasteiger partial charge in [0.25, 0.3) is 0 Å². The maximum absolute atomic E-state index is 12.4. The van der Waals surface area contributed by atoms with Crippen molar-refractivity contribution >= 4 is 5.91 Å². The molecule has 0 aliphatic carbocycles. The van der Waals surface area contributed by atoms with Crippen molar-refractivity contribution < 1.29 is 15.0 Å². The molecule has 3 N–H and O–H groups in total. The number of hydrogen-bond acceptors (Lipinski definition) is 3. The number of carbonyl (C=O) groups excluding carboxylic acids is 1. The molecule has 358 valence electrons. The van der Waals surface area contributed by atoms with Gasteiger partial charge < -0.3 is 15.5 Å². The zero-order valence-corrected chi connectivity index (χ0v) is 41.2. The number of aliphatic hydroxyl groups excluding tert-OH is 2. The zero-order chi connectivity index (χ0) is 44.2. The molecule has 4 nitrogen and oxygen atoms in total. The molecule has 0 rings (SSSR count). The van der Waals surface area contributed by atoms with Crippen molar-refractivity contribution in [3.63, 3.8) is 0 Å². The fraction of sp³-hybridized carbons (Fsp3) is 0.842. The lowest BCUT2D eigenvalue weighted by atomic mass is 10.0. The summed E-state index contributed by atoms with van der Waals surface area (Å²) in [7, 11) is 0. The zero-order valence-electron chi connectivity index (χ0n) is 41.2. The molecule has 0 saturated heterocycles. The fourth-order valence-electron chi connectivity index (χ4n) is 8.32. The molecule has 2 atom stereocenters. The van der Waals surface area contributed by atoms with Crippen molar-refractivity contribution in [2.24, 2.45) is 0 Å². The number of amides is 1. The maximum Gasteiger partial charge on any atom is 0.220 e. The second-order valence-corrected chi connectivity index (χ2v) is 18.6. The second kappa shape index (κ2) is 52.7. The summed E-state index contributed by atoms with van der Waals surface area (Å²) in [6.45, 7) is 4.30. The molecule has 0 heterocycles. The van der Waals surface area contributed by atoms with Crippen LogP contribution in [-0.4, -0.2) is 34.9 Å². The summed E-state index contributed by atoms with van der Waals surface area (Å²) in [5.74, 6) is -0.0745. The smallest absolute Gasteiger partial charge is 0.220 e. The quantitative estimate of drug-likeness (QED) is 0.0422. The van der Waals surface area contributed by atoms with E-state index < -0.39 is 12.1 Å². The lowest BCUT2D eigenvalue weighted by molar-refractivity contribution is -0.123. The van der Waals surface area contributed by atoms with Crippen LogP contribution in [0.15, 0.2) is 48.6 Å². The predicted octanol–water partition coefficient (Wildman–Crippen LogP) is 17.9. The van der Waals surface area contributed by atoms with Gasteiger partial charge in [-0.25, -0.2) is 0 Å². The molecular formula is C57H107NO3. The van der Waals surface area contributed by atoms with Crippen molar-refractivity contribution in [2.45, 2.75) is 302 Å². The Balaban J connectivity index is 3.46. The third kappa shape index (κ3) is 49.2. The molecule has 61 heavy (non-hydrogen) atoms. The number of unbranched alkanes of at least 4 members (excludes halogenated alkanes) is 37. The molecule has 0 aliphatic rings. The van der Waals surface area contributed by atoms with E-state index in [1.54, 1.807) is 6.08 Å². The van der Waals surface area contributed by atoms with E-state index in [9.17, 15) is 15.0 Å². The summed E-state index contributed by atoms with van der Waals surface area (Å²) in [5.41, 5.74) is 0. The van der Waals surface area contributed by atoms with Gasteiger partial charge in [-0.05, 0) is 70.6 Å². The van der Waals surface area contributed by atoms with E-state index in [0.29, 0.717) is 6.42 Å². The molecule has 0 aliphatic heterocycles. The van der Waals surface area contributed by atoms with Crippen molar-refractivity contribution in [1.82, 2.24) is 5.32 Å². The first-order valence-corrected chi connectivity index (χ1v) is 27.4. The molecule has 1 amide bonds. The normalized spacial score (nSPS) is 13.2. The number of carbonyl (C=O) groups is 1. The van der Waals surface area contributed by atoms with Crippen LogP contribution in [0.3, 0.4) is 0 Å². The van der Waals surface area contributed by atoms with E-state index >= 15 is 0 Å². The van der Waals surface area contributed by atoms with Gasteiger partial charge in [0.15, 0.2) is 0 Å². The lowest BCUT2D eigenvalue weighted by Crippen LogP contribution is -2.45. The van der Waals surface area contributed by atoms with Crippen molar-refractivity contribution in [3.05, 3.63) is 48.6 Å². The van der Waals surface area contributed by atoms with Gasteiger partial charge in [0, 0.05) is 6.42 Å². The Hall–Kier alpha value is -1.65. The van der Waals surface area contributed by atoms with Crippen LogP contribution >= 0.6 is 0 Å². The highest BCUT2D eigenvalue weighted by atomic mass is 16.3. The largest absolute Gasteiger partial charge is 0.394 e. The highest BCUT2D eigenvalue weighted by Crippen LogP contribution is 2.16. The van der Waals surface area contributed by atoms with E-state index in [-0.39, 0.29) is 12.5 Å². The Kier molecular flexibility index (Phi) is 51.3. The SMILES string of the molecule is CCCCCCCC/C=C/CC/C=C/CC/C=C/C(O)C(CO)NC(=O)CCCCCCCCCCCCCCCCCCCCCCC/C=C\CCCCCCCCCC. The Morgan fingerprint density at radius 2 is 0.639 bits per heavy atom. The number of rotatable bonds is 50. The minimum absolute atomic E-state index is 0.0745. The van der Waals surface area contributed by atoms with Crippen LogP contribution in [0.25, 0.3) is 0 Å². The first-order chi connectivity index (χ1) is 30.2. The van der Waals surface area contributed by atoms with Gasteiger partial charge >= 0.3 is 0 Å². The van der Waals surface area contributed by atoms with Crippen molar-refractivity contribution in [3.8, 4) is 0 Å². The third-order valence-electron chi connectivity index (χ3n) is 12.5. The summed E-state index contributed by atoms with van der Waals surface area (Å²) < 4.78 is 0. The third-order valence-corrected chi connectivity index (χ3v) is 12.5. The summed E-state index contributed by atoms with van der Waals surface area (Å²) in [4.78, 5) is 12.4. The van der Waals surface area contributed by atoms with E-state index in [1.807, 2.05) is 6.08 Å². The fourth-order valence-corrected chi connectivity index (χ4v) is 8.32. The molecule has 0 fully saturated rings. The van der Waals surface area contributed by atoms with E-state index in [0.717, 1.165) is 38.5 Å². The number of aliphatic hydroxyl groups is 2. The molecule has 0 aromatic rings. The first-order valence-electron chi connectivity index (χ1n) is 27.4. The highest BCUT2D eigenvalue weighted by molar-refractivity contribution is 5.76. The summed E-state index contributed by atoms with van der Waals surface area (Å²) in [5, 5.41) is 23.1. The van der Waals surface area contributed by atoms with Crippen LogP contribution in [0, 0.1) is 0 Å². The van der Waals surface area contributed by atoms with Gasteiger partial charge in [0.2, 0.25) is 5.91 Å². The van der Waals surface area contributed by atoms with Gasteiger partial charge in [-0.3, -0.25) is 4.79 Å². The number of hydrogen-bond donors (Lipinski definition) is 3. The predicted molar refractivity (Wildman–Crippen MR) is 271 cm³/mol. The summed E-state index contributed by atoms with van der Waals surface area (Å²) in [6.07, 6.45) is 72.8. The Morgan fingerprint density at radius 3 is 0.951 bits per heavy atom. The van der Waals surface area contributed by atoms with Crippen LogP contribution in [0.4, 0.5) is 0 Å². The molecule has 0 aromatic heterocycles. The number of allylic oxidation sites excluding steroid dienone is 7. The second-order valence-electron chi connectivity index (χ2n) is 18.6. The van der Waals surface area contributed by atoms with Gasteiger partial charge in [-0.15, -0.1) is 0 Å². The van der Waals surface area contributed by atoms with Crippen molar-refractivity contribution in [1.29, 1.82) is 0 Å². The summed E-state index contributed by atoms with van der Waals surface area (Å²) >= 11 is 0. The van der Waals surface area contributed by atoms with Gasteiger partial charge in [-0.1, -0.05) is 262 Å². The summed E-state index contributed by atoms with van der Waals surface area (Å²) in [6, 6.07) is -0.644. The average molecular weight is 854 g/mol. The van der Waals surface area contributed by atoms with E-state index in [2.05, 4.69) is 55.6 Å². The minimum Gasteiger partial charge on any atom is -0.394 e. The maximum atomic E-state index is 12.4. The van der Waals surface area contributed by atoms with E-state index in [1.165, 1.54) is 231 Å². The molecule has 2 unspecified atom stereocenters. The van der Waals surface area contributed by atoms with Gasteiger partial charge in [-0.2, -0.15) is 0 Å². The highest BCUT2D eigenvalue weighted by Gasteiger charge is 2.18.